The number of aryl methyl sites for hydroxylation is 2. The third kappa shape index (κ3) is 5.39. The van der Waals surface area contributed by atoms with Crippen LogP contribution in [-0.2, 0) is 17.6 Å². The maximum absolute atomic E-state index is 13.9. The van der Waals surface area contributed by atoms with Crippen molar-refractivity contribution >= 4 is 18.1 Å². The van der Waals surface area contributed by atoms with Crippen LogP contribution in [0.1, 0.15) is 11.3 Å². The lowest BCUT2D eigenvalue weighted by molar-refractivity contribution is -0.109. The van der Waals surface area contributed by atoms with Gasteiger partial charge in [0.1, 0.15) is 12.1 Å². The van der Waals surface area contributed by atoms with Crippen LogP contribution in [0.15, 0.2) is 64.1 Å². The third-order valence-corrected chi connectivity index (χ3v) is 5.61. The van der Waals surface area contributed by atoms with E-state index in [1.807, 2.05) is 35.2 Å². The Bertz CT molecular complexity index is 1070. The van der Waals surface area contributed by atoms with Gasteiger partial charge in [-0.2, -0.15) is 4.99 Å². The molecule has 8 heteroatoms. The van der Waals surface area contributed by atoms with E-state index in [0.29, 0.717) is 43.5 Å². The Balaban J connectivity index is 1.31. The second-order valence-corrected chi connectivity index (χ2v) is 7.76. The summed E-state index contributed by atoms with van der Waals surface area (Å²) in [5, 5.41) is 4.09. The van der Waals surface area contributed by atoms with Crippen LogP contribution in [0.3, 0.4) is 0 Å². The minimum atomic E-state index is -0.224. The summed E-state index contributed by atoms with van der Waals surface area (Å²) in [6, 6.07) is 16.4. The first-order chi connectivity index (χ1) is 15.6. The molecule has 2 heterocycles. The molecule has 32 heavy (non-hydrogen) atoms. The third-order valence-electron chi connectivity index (χ3n) is 5.61. The highest BCUT2D eigenvalue weighted by atomic mass is 19.1. The molecule has 1 saturated heterocycles. The summed E-state index contributed by atoms with van der Waals surface area (Å²) >= 11 is 0. The van der Waals surface area contributed by atoms with Crippen LogP contribution in [0.25, 0.3) is 11.1 Å². The Morgan fingerprint density at radius 1 is 1.09 bits per heavy atom. The average Bonchev–Trinajstić information content (AvgIpc) is 3.26. The van der Waals surface area contributed by atoms with Gasteiger partial charge in [-0.1, -0.05) is 47.6 Å². The van der Waals surface area contributed by atoms with Crippen molar-refractivity contribution in [1.29, 1.82) is 0 Å². The number of halogens is 1. The van der Waals surface area contributed by atoms with Crippen molar-refractivity contribution in [2.45, 2.75) is 12.8 Å². The largest absolute Gasteiger partial charge is 0.369 e. The van der Waals surface area contributed by atoms with E-state index in [1.165, 1.54) is 6.07 Å². The molecule has 7 nitrogen and oxygen atoms in total. The van der Waals surface area contributed by atoms with E-state index in [1.54, 1.807) is 18.2 Å². The van der Waals surface area contributed by atoms with Gasteiger partial charge in [0.2, 0.25) is 0 Å². The van der Waals surface area contributed by atoms with E-state index in [0.717, 1.165) is 42.6 Å². The Hall–Kier alpha value is -3.52. The smallest absolute Gasteiger partial charge is 0.253 e. The van der Waals surface area contributed by atoms with Gasteiger partial charge in [-0.25, -0.2) is 4.39 Å². The topological polar surface area (TPSA) is 88.0 Å². The van der Waals surface area contributed by atoms with E-state index in [2.05, 4.69) is 15.0 Å². The zero-order valence-electron chi connectivity index (χ0n) is 17.8. The number of nitrogens with two attached hydrogens (primary N) is 1. The first-order valence-corrected chi connectivity index (χ1v) is 10.7. The molecule has 0 unspecified atom stereocenters. The lowest BCUT2D eigenvalue weighted by atomic mass is 10.0. The van der Waals surface area contributed by atoms with Gasteiger partial charge in [-0.05, 0) is 30.0 Å². The van der Waals surface area contributed by atoms with Crippen LogP contribution in [0, 0.1) is 5.82 Å². The molecule has 1 fully saturated rings. The molecule has 1 aliphatic rings. The number of aromatic nitrogens is 1. The molecule has 0 saturated carbocycles. The maximum Gasteiger partial charge on any atom is 0.253 e. The number of rotatable bonds is 7. The number of piperazine rings is 1. The molecule has 0 amide bonds. The van der Waals surface area contributed by atoms with Crippen LogP contribution in [-0.4, -0.2) is 59.9 Å². The van der Waals surface area contributed by atoms with Crippen LogP contribution in [0.4, 0.5) is 10.3 Å². The number of aliphatic imine (C=N–C) groups is 1. The molecule has 2 N–H and O–H groups in total. The Morgan fingerprint density at radius 3 is 2.56 bits per heavy atom. The summed E-state index contributed by atoms with van der Waals surface area (Å²) in [7, 11) is 0. The lowest BCUT2D eigenvalue weighted by Gasteiger charge is -2.34. The van der Waals surface area contributed by atoms with Crippen molar-refractivity contribution in [3.05, 3.63) is 71.7 Å². The fraction of sp³-hybridized carbons (Fsp3) is 0.292. The second kappa shape index (κ2) is 10.2. The SMILES string of the molecule is NC(=Nc1cc(CCc2ccc(-c3ccccc3F)cc2)no1)N1CCN(CC=O)CC1. The van der Waals surface area contributed by atoms with E-state index in [-0.39, 0.29) is 5.82 Å². The molecular formula is C24H26FN5O2. The number of hydrogen-bond acceptors (Lipinski definition) is 5. The summed E-state index contributed by atoms with van der Waals surface area (Å²) in [4.78, 5) is 19.0. The minimum absolute atomic E-state index is 0.224. The molecule has 0 spiro atoms. The zero-order chi connectivity index (χ0) is 22.3. The number of aldehydes is 1. The van der Waals surface area contributed by atoms with Crippen LogP contribution >= 0.6 is 0 Å². The van der Waals surface area contributed by atoms with Gasteiger partial charge in [-0.15, -0.1) is 0 Å². The molecule has 0 aliphatic carbocycles. The van der Waals surface area contributed by atoms with Gasteiger partial charge in [0.15, 0.2) is 5.96 Å². The first kappa shape index (κ1) is 21.7. The van der Waals surface area contributed by atoms with Crippen molar-refractivity contribution in [2.75, 3.05) is 32.7 Å². The molecule has 1 aromatic heterocycles. The molecule has 4 rings (SSSR count). The Kier molecular flexibility index (Phi) is 6.91. The maximum atomic E-state index is 13.9. The predicted molar refractivity (Wildman–Crippen MR) is 121 cm³/mol. The van der Waals surface area contributed by atoms with Crippen molar-refractivity contribution in [1.82, 2.24) is 15.0 Å². The first-order valence-electron chi connectivity index (χ1n) is 10.7. The standard InChI is InChI=1S/C24H26FN5O2/c25-22-4-2-1-3-21(22)19-8-5-18(6-9-19)7-10-20-17-23(32-28-20)27-24(26)30-13-11-29(12-14-30)15-16-31/h1-6,8-9,16-17H,7,10-15H2,(H2,26,27). The highest BCUT2D eigenvalue weighted by Gasteiger charge is 2.18. The molecular weight excluding hydrogens is 409 g/mol. The van der Waals surface area contributed by atoms with Gasteiger partial charge in [-0.3, -0.25) is 4.90 Å². The Morgan fingerprint density at radius 2 is 1.84 bits per heavy atom. The summed E-state index contributed by atoms with van der Waals surface area (Å²) in [6.07, 6.45) is 2.39. The average molecular weight is 436 g/mol. The summed E-state index contributed by atoms with van der Waals surface area (Å²) in [5.41, 5.74) is 9.50. The Labute approximate surface area is 186 Å². The molecule has 166 valence electrons. The lowest BCUT2D eigenvalue weighted by Crippen LogP contribution is -2.51. The molecule has 0 radical (unpaired) electrons. The van der Waals surface area contributed by atoms with Crippen molar-refractivity contribution < 1.29 is 13.7 Å². The molecule has 2 aromatic carbocycles. The normalized spacial score (nSPS) is 15.2. The van der Waals surface area contributed by atoms with Gasteiger partial charge in [0.05, 0.1) is 12.2 Å². The number of carbonyl (C=O) groups is 1. The fourth-order valence-electron chi connectivity index (χ4n) is 3.74. The summed E-state index contributed by atoms with van der Waals surface area (Å²) in [5.74, 6) is 0.544. The van der Waals surface area contributed by atoms with Crippen LogP contribution in [0.5, 0.6) is 0 Å². The second-order valence-electron chi connectivity index (χ2n) is 7.76. The monoisotopic (exact) mass is 435 g/mol. The molecule has 1 aliphatic heterocycles. The minimum Gasteiger partial charge on any atom is -0.369 e. The highest BCUT2D eigenvalue weighted by Crippen LogP contribution is 2.23. The zero-order valence-corrected chi connectivity index (χ0v) is 17.8. The van der Waals surface area contributed by atoms with Crippen molar-refractivity contribution in [2.24, 2.45) is 10.7 Å². The van der Waals surface area contributed by atoms with Crippen LogP contribution < -0.4 is 5.73 Å². The predicted octanol–water partition coefficient (Wildman–Crippen LogP) is 3.03. The molecule has 0 bridgehead atoms. The number of guanidine groups is 1. The van der Waals surface area contributed by atoms with Gasteiger partial charge in [0, 0.05) is 37.8 Å². The van der Waals surface area contributed by atoms with E-state index in [4.69, 9.17) is 10.3 Å². The van der Waals surface area contributed by atoms with E-state index in [9.17, 15) is 9.18 Å². The van der Waals surface area contributed by atoms with Gasteiger partial charge < -0.3 is 20.0 Å². The molecule has 0 atom stereocenters. The number of carbonyl (C=O) groups excluding carboxylic acids is 1. The van der Waals surface area contributed by atoms with Gasteiger partial charge >= 0.3 is 0 Å². The van der Waals surface area contributed by atoms with Gasteiger partial charge in [0.25, 0.3) is 5.88 Å². The van der Waals surface area contributed by atoms with Crippen molar-refractivity contribution in [3.8, 4) is 11.1 Å². The number of benzene rings is 2. The van der Waals surface area contributed by atoms with E-state index >= 15 is 0 Å². The van der Waals surface area contributed by atoms with Crippen LogP contribution in [0.2, 0.25) is 0 Å². The quantitative estimate of drug-likeness (QED) is 0.349. The highest BCUT2D eigenvalue weighted by molar-refractivity contribution is 5.80. The number of hydrogen-bond donors (Lipinski definition) is 1. The summed E-state index contributed by atoms with van der Waals surface area (Å²) < 4.78 is 19.3. The number of nitrogens with zero attached hydrogens (tertiary/aromatic N) is 4. The van der Waals surface area contributed by atoms with E-state index < -0.39 is 0 Å². The molecule has 3 aromatic rings. The van der Waals surface area contributed by atoms with Crippen molar-refractivity contribution in [3.63, 3.8) is 0 Å². The fourth-order valence-corrected chi connectivity index (χ4v) is 3.74. The summed E-state index contributed by atoms with van der Waals surface area (Å²) in [6.45, 7) is 3.42.